The Labute approximate surface area is 192 Å². The predicted octanol–water partition coefficient (Wildman–Crippen LogP) is 4.69. The molecule has 0 N–H and O–H groups in total. The van der Waals surface area contributed by atoms with Gasteiger partial charge in [0.1, 0.15) is 5.75 Å². The summed E-state index contributed by atoms with van der Waals surface area (Å²) in [4.78, 5) is 23.6. The highest BCUT2D eigenvalue weighted by Crippen LogP contribution is 2.26. The van der Waals surface area contributed by atoms with Gasteiger partial charge in [-0.05, 0) is 45.9 Å². The number of para-hydroxylation sites is 2. The second kappa shape index (κ2) is 9.90. The van der Waals surface area contributed by atoms with Crippen LogP contribution in [0.3, 0.4) is 0 Å². The summed E-state index contributed by atoms with van der Waals surface area (Å²) in [5.74, 6) is -0.129. The van der Waals surface area contributed by atoms with Gasteiger partial charge in [0.25, 0.3) is 0 Å². The molecule has 0 fully saturated rings. The molecule has 1 amide bonds. The number of amides is 1. The molecular formula is C22H25F3N4O3S. The molecule has 0 aliphatic rings. The lowest BCUT2D eigenvalue weighted by Gasteiger charge is -2.26. The van der Waals surface area contributed by atoms with Gasteiger partial charge in [-0.1, -0.05) is 12.1 Å². The highest BCUT2D eigenvalue weighted by atomic mass is 32.2. The average molecular weight is 483 g/mol. The van der Waals surface area contributed by atoms with Crippen LogP contribution in [0.5, 0.6) is 5.75 Å². The fourth-order valence-corrected chi connectivity index (χ4v) is 4.65. The minimum absolute atomic E-state index is 0.0101. The fraction of sp³-hybridized carbons (Fsp3) is 0.409. The van der Waals surface area contributed by atoms with Gasteiger partial charge in [0.2, 0.25) is 5.16 Å². The zero-order valence-corrected chi connectivity index (χ0v) is 19.5. The van der Waals surface area contributed by atoms with Crippen molar-refractivity contribution in [3.63, 3.8) is 0 Å². The Hall–Kier alpha value is -2.95. The molecule has 0 spiro atoms. The number of carbonyl (C=O) groups is 1. The fourth-order valence-electron chi connectivity index (χ4n) is 3.40. The molecule has 0 saturated carbocycles. The Kier molecular flexibility index (Phi) is 7.41. The van der Waals surface area contributed by atoms with Crippen molar-refractivity contribution in [2.75, 3.05) is 13.2 Å². The Bertz CT molecular complexity index is 1180. The number of hydrogen-bond acceptors (Lipinski definition) is 5. The first-order valence-electron chi connectivity index (χ1n) is 10.3. The molecule has 0 saturated heterocycles. The van der Waals surface area contributed by atoms with Gasteiger partial charge in [-0.25, -0.2) is 14.3 Å². The summed E-state index contributed by atoms with van der Waals surface area (Å²) in [6.07, 6.45) is -3.18. The van der Waals surface area contributed by atoms with Crippen molar-refractivity contribution < 1.29 is 26.9 Å². The Morgan fingerprint density at radius 3 is 2.58 bits per heavy atom. The second-order valence-corrected chi connectivity index (χ2v) is 9.00. The van der Waals surface area contributed by atoms with E-state index in [0.717, 1.165) is 0 Å². The minimum Gasteiger partial charge on any atom is -0.484 e. The number of imidazole rings is 1. The van der Waals surface area contributed by atoms with E-state index in [1.165, 1.54) is 16.8 Å². The zero-order valence-electron chi connectivity index (χ0n) is 18.7. The molecule has 0 aliphatic carbocycles. The zero-order chi connectivity index (χ0) is 24.3. The normalized spacial score (nSPS) is 12.8. The number of hydrogen-bond donors (Lipinski definition) is 0. The summed E-state index contributed by atoms with van der Waals surface area (Å²) >= 11 is 0. The van der Waals surface area contributed by atoms with Crippen LogP contribution in [0, 0.1) is 6.92 Å². The molecule has 178 valence electrons. The van der Waals surface area contributed by atoms with E-state index in [1.807, 2.05) is 20.8 Å². The maximum absolute atomic E-state index is 13.4. The van der Waals surface area contributed by atoms with Gasteiger partial charge in [-0.15, -0.1) is 0 Å². The third-order valence-electron chi connectivity index (χ3n) is 5.05. The van der Waals surface area contributed by atoms with Crippen LogP contribution in [-0.2, 0) is 16.6 Å². The van der Waals surface area contributed by atoms with E-state index in [0.29, 0.717) is 28.8 Å². The van der Waals surface area contributed by atoms with Gasteiger partial charge >= 0.3 is 12.2 Å². The van der Waals surface area contributed by atoms with Crippen molar-refractivity contribution in [2.45, 2.75) is 50.8 Å². The van der Waals surface area contributed by atoms with Crippen LogP contribution in [0.4, 0.5) is 18.0 Å². The van der Waals surface area contributed by atoms with Crippen LogP contribution in [0.1, 0.15) is 32.0 Å². The number of fused-ring (bicyclic) bond motifs is 1. The molecule has 3 aromatic rings. The van der Waals surface area contributed by atoms with Gasteiger partial charge in [-0.2, -0.15) is 13.2 Å². The van der Waals surface area contributed by atoms with E-state index in [1.54, 1.807) is 36.1 Å². The summed E-state index contributed by atoms with van der Waals surface area (Å²) in [7, 11) is -1.81. The van der Waals surface area contributed by atoms with Crippen LogP contribution in [0.15, 0.2) is 41.7 Å². The number of halogens is 3. The SMILES string of the molecule is CCN(C(=O)n1c([S@](=O)Cc2nccc(OCC(F)(F)F)c2C)nc2ccccc21)C(C)C. The van der Waals surface area contributed by atoms with Gasteiger partial charge in [-0.3, -0.25) is 9.19 Å². The monoisotopic (exact) mass is 482 g/mol. The number of ether oxygens (including phenoxy) is 1. The average Bonchev–Trinajstić information content (AvgIpc) is 3.13. The first-order valence-corrected chi connectivity index (χ1v) is 11.7. The third kappa shape index (κ3) is 5.52. The van der Waals surface area contributed by atoms with Crippen LogP contribution in [0.2, 0.25) is 0 Å². The van der Waals surface area contributed by atoms with E-state index in [-0.39, 0.29) is 28.7 Å². The Morgan fingerprint density at radius 1 is 1.24 bits per heavy atom. The lowest BCUT2D eigenvalue weighted by Crippen LogP contribution is -2.40. The van der Waals surface area contributed by atoms with E-state index in [4.69, 9.17) is 4.74 Å². The van der Waals surface area contributed by atoms with Crippen molar-refractivity contribution in [1.82, 2.24) is 19.4 Å². The smallest absolute Gasteiger partial charge is 0.422 e. The van der Waals surface area contributed by atoms with Crippen molar-refractivity contribution in [3.8, 4) is 5.75 Å². The standard InChI is InChI=1S/C22H25F3N4O3S/c1-5-28(14(2)3)21(30)29-18-9-7-6-8-16(18)27-20(29)33(31)12-17-15(4)19(10-11-26-17)32-13-22(23,24)25/h6-11,14H,5,12-13H2,1-4H3/t33-/m1/s1. The van der Waals surface area contributed by atoms with Gasteiger partial charge in [0, 0.05) is 24.3 Å². The topological polar surface area (TPSA) is 77.3 Å². The largest absolute Gasteiger partial charge is 0.484 e. The lowest BCUT2D eigenvalue weighted by molar-refractivity contribution is -0.153. The van der Waals surface area contributed by atoms with Crippen LogP contribution in [-0.4, -0.2) is 55.0 Å². The molecule has 1 aromatic carbocycles. The van der Waals surface area contributed by atoms with E-state index < -0.39 is 23.6 Å². The summed E-state index contributed by atoms with van der Waals surface area (Å²) in [5, 5.41) is 0.0584. The van der Waals surface area contributed by atoms with Crippen LogP contribution in [0.25, 0.3) is 11.0 Å². The minimum atomic E-state index is -4.48. The Balaban J connectivity index is 1.98. The molecule has 2 aromatic heterocycles. The number of carbonyl (C=O) groups excluding carboxylic acids is 1. The third-order valence-corrected chi connectivity index (χ3v) is 6.27. The number of nitrogens with zero attached hydrogens (tertiary/aromatic N) is 4. The van der Waals surface area contributed by atoms with Crippen molar-refractivity contribution in [3.05, 3.63) is 47.8 Å². The molecule has 33 heavy (non-hydrogen) atoms. The van der Waals surface area contributed by atoms with Crippen LogP contribution >= 0.6 is 0 Å². The Morgan fingerprint density at radius 2 is 1.94 bits per heavy atom. The number of aromatic nitrogens is 3. The predicted molar refractivity (Wildman–Crippen MR) is 119 cm³/mol. The number of benzene rings is 1. The molecule has 7 nitrogen and oxygen atoms in total. The van der Waals surface area contributed by atoms with Crippen molar-refractivity contribution in [2.24, 2.45) is 0 Å². The van der Waals surface area contributed by atoms with E-state index in [2.05, 4.69) is 9.97 Å². The molecule has 0 unspecified atom stereocenters. The maximum atomic E-state index is 13.4. The second-order valence-electron chi connectivity index (χ2n) is 7.66. The molecule has 0 bridgehead atoms. The first kappa shape index (κ1) is 24.7. The molecule has 1 atom stereocenters. The van der Waals surface area contributed by atoms with Gasteiger partial charge < -0.3 is 9.64 Å². The van der Waals surface area contributed by atoms with Crippen molar-refractivity contribution >= 4 is 27.9 Å². The number of alkyl halides is 3. The summed E-state index contributed by atoms with van der Waals surface area (Å²) in [6, 6.07) is 7.87. The van der Waals surface area contributed by atoms with E-state index in [9.17, 15) is 22.2 Å². The summed E-state index contributed by atoms with van der Waals surface area (Å²) in [5.41, 5.74) is 1.69. The molecule has 2 heterocycles. The number of rotatable bonds is 7. The van der Waals surface area contributed by atoms with E-state index >= 15 is 0 Å². The lowest BCUT2D eigenvalue weighted by atomic mass is 10.2. The molecule has 11 heteroatoms. The molecule has 0 radical (unpaired) electrons. The maximum Gasteiger partial charge on any atom is 0.422 e. The summed E-state index contributed by atoms with van der Waals surface area (Å²) in [6.45, 7) is 6.19. The van der Waals surface area contributed by atoms with Gasteiger partial charge in [0.05, 0.1) is 33.3 Å². The first-order chi connectivity index (χ1) is 15.5. The summed E-state index contributed by atoms with van der Waals surface area (Å²) < 4.78 is 57.2. The van der Waals surface area contributed by atoms with Gasteiger partial charge in [0.15, 0.2) is 6.61 Å². The molecule has 0 aliphatic heterocycles. The number of pyridine rings is 1. The van der Waals surface area contributed by atoms with Crippen molar-refractivity contribution in [1.29, 1.82) is 0 Å². The highest BCUT2D eigenvalue weighted by Gasteiger charge is 2.29. The molecular weight excluding hydrogens is 457 g/mol. The highest BCUT2D eigenvalue weighted by molar-refractivity contribution is 7.84. The van der Waals surface area contributed by atoms with Crippen LogP contribution < -0.4 is 4.74 Å². The quantitative estimate of drug-likeness (QED) is 0.488. The molecule has 3 rings (SSSR count).